The summed E-state index contributed by atoms with van der Waals surface area (Å²) in [7, 11) is 1.61. The number of nitrogens with zero attached hydrogens (tertiary/aromatic N) is 1. The third kappa shape index (κ3) is 3.76. The lowest BCUT2D eigenvalue weighted by Crippen LogP contribution is -2.46. The van der Waals surface area contributed by atoms with Crippen LogP contribution in [0.15, 0.2) is 30.3 Å². The van der Waals surface area contributed by atoms with Crippen LogP contribution in [0, 0.1) is 0 Å². The van der Waals surface area contributed by atoms with Crippen molar-refractivity contribution in [2.45, 2.75) is 25.8 Å². The third-order valence-electron chi connectivity index (χ3n) is 2.62. The van der Waals surface area contributed by atoms with Crippen LogP contribution in [0.4, 0.5) is 10.5 Å². The molecule has 18 heavy (non-hydrogen) atoms. The second-order valence-electron chi connectivity index (χ2n) is 4.02. The van der Waals surface area contributed by atoms with Crippen molar-refractivity contribution in [1.82, 2.24) is 5.32 Å². The van der Waals surface area contributed by atoms with E-state index in [1.165, 1.54) is 4.90 Å². The highest BCUT2D eigenvalue weighted by Crippen LogP contribution is 2.11. The molecule has 5 heteroatoms. The van der Waals surface area contributed by atoms with Crippen molar-refractivity contribution < 1.29 is 14.7 Å². The molecule has 1 aromatic carbocycles. The molecule has 0 aliphatic carbocycles. The second kappa shape index (κ2) is 6.64. The molecule has 0 spiro atoms. The molecule has 0 unspecified atom stereocenters. The zero-order valence-corrected chi connectivity index (χ0v) is 10.6. The molecule has 2 amide bonds. The Hall–Kier alpha value is -2.04. The SMILES string of the molecule is CCC[C@@H](NC(=O)N(C)c1ccccc1)C(=O)O. The van der Waals surface area contributed by atoms with Gasteiger partial charge in [-0.15, -0.1) is 0 Å². The Kier molecular flexibility index (Phi) is 5.17. The molecular weight excluding hydrogens is 232 g/mol. The predicted octanol–water partition coefficient (Wildman–Crippen LogP) is 2.09. The summed E-state index contributed by atoms with van der Waals surface area (Å²) in [6, 6.07) is 7.81. The molecule has 1 atom stereocenters. The first-order chi connectivity index (χ1) is 8.56. The Bertz CT molecular complexity index is 406. The number of amides is 2. The van der Waals surface area contributed by atoms with Crippen molar-refractivity contribution in [3.05, 3.63) is 30.3 Å². The molecule has 1 rings (SSSR count). The summed E-state index contributed by atoms with van der Waals surface area (Å²) in [5.41, 5.74) is 0.718. The average Bonchev–Trinajstić information content (AvgIpc) is 2.38. The maximum absolute atomic E-state index is 11.9. The summed E-state index contributed by atoms with van der Waals surface area (Å²) >= 11 is 0. The maximum Gasteiger partial charge on any atom is 0.326 e. The predicted molar refractivity (Wildman–Crippen MR) is 69.7 cm³/mol. The monoisotopic (exact) mass is 250 g/mol. The van der Waals surface area contributed by atoms with Gasteiger partial charge in [0.15, 0.2) is 0 Å². The van der Waals surface area contributed by atoms with Crippen molar-refractivity contribution in [3.8, 4) is 0 Å². The third-order valence-corrected chi connectivity index (χ3v) is 2.62. The second-order valence-corrected chi connectivity index (χ2v) is 4.02. The molecule has 0 bridgehead atoms. The molecule has 2 N–H and O–H groups in total. The Labute approximate surface area is 106 Å². The molecule has 5 nitrogen and oxygen atoms in total. The maximum atomic E-state index is 11.9. The largest absolute Gasteiger partial charge is 0.480 e. The van der Waals surface area contributed by atoms with Crippen LogP contribution in [0.5, 0.6) is 0 Å². The van der Waals surface area contributed by atoms with E-state index in [0.29, 0.717) is 12.8 Å². The number of para-hydroxylation sites is 1. The van der Waals surface area contributed by atoms with Gasteiger partial charge in [-0.2, -0.15) is 0 Å². The Morgan fingerprint density at radius 2 is 1.94 bits per heavy atom. The molecule has 0 aliphatic heterocycles. The van der Waals surface area contributed by atoms with Crippen LogP contribution in [0.3, 0.4) is 0 Å². The molecular formula is C13H18N2O3. The number of hydrogen-bond acceptors (Lipinski definition) is 2. The standard InChI is InChI=1S/C13H18N2O3/c1-3-7-11(12(16)17)14-13(18)15(2)10-8-5-4-6-9-10/h4-6,8-9,11H,3,7H2,1-2H3,(H,14,18)(H,16,17)/t11-/m1/s1. The van der Waals surface area contributed by atoms with E-state index >= 15 is 0 Å². The molecule has 0 aromatic heterocycles. The molecule has 1 aromatic rings. The minimum atomic E-state index is -1.01. The first-order valence-electron chi connectivity index (χ1n) is 5.88. The normalized spacial score (nSPS) is 11.7. The fourth-order valence-electron chi connectivity index (χ4n) is 1.56. The highest BCUT2D eigenvalue weighted by Gasteiger charge is 2.21. The average molecular weight is 250 g/mol. The van der Waals surface area contributed by atoms with Gasteiger partial charge >= 0.3 is 12.0 Å². The Morgan fingerprint density at radius 1 is 1.33 bits per heavy atom. The fraction of sp³-hybridized carbons (Fsp3) is 0.385. The summed E-state index contributed by atoms with van der Waals surface area (Å²) in [5.74, 6) is -1.01. The number of nitrogens with one attached hydrogen (secondary N) is 1. The van der Waals surface area contributed by atoms with Crippen LogP contribution in [0.25, 0.3) is 0 Å². The van der Waals surface area contributed by atoms with Crippen LogP contribution in [0.2, 0.25) is 0 Å². The fourth-order valence-corrected chi connectivity index (χ4v) is 1.56. The van der Waals surface area contributed by atoms with Gasteiger partial charge in [-0.3, -0.25) is 4.90 Å². The van der Waals surface area contributed by atoms with E-state index in [4.69, 9.17) is 5.11 Å². The van der Waals surface area contributed by atoms with Crippen LogP contribution in [-0.4, -0.2) is 30.2 Å². The highest BCUT2D eigenvalue weighted by molar-refractivity contribution is 5.93. The van der Waals surface area contributed by atoms with Gasteiger partial charge in [0.2, 0.25) is 0 Å². The van der Waals surface area contributed by atoms with Crippen molar-refractivity contribution in [1.29, 1.82) is 0 Å². The van der Waals surface area contributed by atoms with Gasteiger partial charge in [0.05, 0.1) is 0 Å². The first kappa shape index (κ1) is 14.0. The number of carbonyl (C=O) groups excluding carboxylic acids is 1. The van der Waals surface area contributed by atoms with E-state index in [1.807, 2.05) is 25.1 Å². The Morgan fingerprint density at radius 3 is 2.44 bits per heavy atom. The number of carboxylic acid groups (broad SMARTS) is 1. The van der Waals surface area contributed by atoms with Crippen LogP contribution >= 0.6 is 0 Å². The minimum Gasteiger partial charge on any atom is -0.480 e. The van der Waals surface area contributed by atoms with E-state index in [-0.39, 0.29) is 0 Å². The lowest BCUT2D eigenvalue weighted by atomic mass is 10.2. The smallest absolute Gasteiger partial charge is 0.326 e. The van der Waals surface area contributed by atoms with Crippen LogP contribution < -0.4 is 10.2 Å². The number of rotatable bonds is 5. The van der Waals surface area contributed by atoms with E-state index < -0.39 is 18.0 Å². The van der Waals surface area contributed by atoms with Gasteiger partial charge in [0.1, 0.15) is 6.04 Å². The van der Waals surface area contributed by atoms with Crippen molar-refractivity contribution in [2.75, 3.05) is 11.9 Å². The lowest BCUT2D eigenvalue weighted by molar-refractivity contribution is -0.139. The molecule has 0 aliphatic rings. The molecule has 0 radical (unpaired) electrons. The number of carbonyl (C=O) groups is 2. The number of aliphatic carboxylic acids is 1. The van der Waals surface area contributed by atoms with Gasteiger partial charge in [0.25, 0.3) is 0 Å². The lowest BCUT2D eigenvalue weighted by Gasteiger charge is -2.21. The van der Waals surface area contributed by atoms with E-state index in [9.17, 15) is 9.59 Å². The van der Waals surface area contributed by atoms with E-state index in [1.54, 1.807) is 19.2 Å². The molecule has 0 fully saturated rings. The number of anilines is 1. The van der Waals surface area contributed by atoms with Crippen molar-refractivity contribution in [3.63, 3.8) is 0 Å². The van der Waals surface area contributed by atoms with E-state index in [2.05, 4.69) is 5.32 Å². The first-order valence-corrected chi connectivity index (χ1v) is 5.88. The summed E-state index contributed by atoms with van der Waals surface area (Å²) < 4.78 is 0. The van der Waals surface area contributed by atoms with Crippen molar-refractivity contribution >= 4 is 17.7 Å². The molecule has 98 valence electrons. The van der Waals surface area contributed by atoms with Crippen LogP contribution in [-0.2, 0) is 4.79 Å². The number of hydrogen-bond donors (Lipinski definition) is 2. The quantitative estimate of drug-likeness (QED) is 0.840. The number of benzene rings is 1. The molecule has 0 heterocycles. The van der Waals surface area contributed by atoms with E-state index in [0.717, 1.165) is 5.69 Å². The summed E-state index contributed by atoms with van der Waals surface area (Å²) in [5, 5.41) is 11.5. The van der Waals surface area contributed by atoms with Gasteiger partial charge in [0, 0.05) is 12.7 Å². The van der Waals surface area contributed by atoms with Crippen LogP contribution in [0.1, 0.15) is 19.8 Å². The highest BCUT2D eigenvalue weighted by atomic mass is 16.4. The van der Waals surface area contributed by atoms with Gasteiger partial charge in [-0.1, -0.05) is 31.5 Å². The summed E-state index contributed by atoms with van der Waals surface area (Å²) in [4.78, 5) is 24.2. The zero-order chi connectivity index (χ0) is 13.5. The molecule has 0 saturated carbocycles. The number of urea groups is 1. The molecule has 0 saturated heterocycles. The van der Waals surface area contributed by atoms with Crippen molar-refractivity contribution in [2.24, 2.45) is 0 Å². The van der Waals surface area contributed by atoms with Gasteiger partial charge < -0.3 is 10.4 Å². The van der Waals surface area contributed by atoms with Gasteiger partial charge in [-0.05, 0) is 18.6 Å². The number of carboxylic acids is 1. The zero-order valence-electron chi connectivity index (χ0n) is 10.6. The Balaban J connectivity index is 2.67. The van der Waals surface area contributed by atoms with Gasteiger partial charge in [-0.25, -0.2) is 9.59 Å². The summed E-state index contributed by atoms with van der Waals surface area (Å²) in [6.07, 6.45) is 1.12. The summed E-state index contributed by atoms with van der Waals surface area (Å²) in [6.45, 7) is 1.88. The minimum absolute atomic E-state index is 0.415. The topological polar surface area (TPSA) is 69.6 Å².